The Hall–Kier alpha value is -2.63. The molecule has 3 rings (SSSR count). The second-order valence-corrected chi connectivity index (χ2v) is 7.37. The molecule has 0 spiro atoms. The predicted molar refractivity (Wildman–Crippen MR) is 105 cm³/mol. The number of hydrogen-bond donors (Lipinski definition) is 2. The molecule has 6 heteroatoms. The number of aromatic hydroxyl groups is 1. The predicted octanol–water partition coefficient (Wildman–Crippen LogP) is 3.08. The number of aromatic nitrogens is 1. The summed E-state index contributed by atoms with van der Waals surface area (Å²) in [7, 11) is 0. The van der Waals surface area contributed by atoms with Crippen LogP contribution in [0.5, 0.6) is 5.75 Å². The Labute approximate surface area is 159 Å². The number of carbonyl (C=O) groups is 2. The first-order valence-corrected chi connectivity index (χ1v) is 9.54. The Morgan fingerprint density at radius 1 is 1.26 bits per heavy atom. The number of phenolic OH excluding ortho intramolecular Hbond substituents is 1. The molecule has 1 fully saturated rings. The van der Waals surface area contributed by atoms with Gasteiger partial charge in [-0.3, -0.25) is 9.59 Å². The highest BCUT2D eigenvalue weighted by Gasteiger charge is 2.28. The van der Waals surface area contributed by atoms with Gasteiger partial charge in [0.25, 0.3) is 5.91 Å². The van der Waals surface area contributed by atoms with E-state index in [0.29, 0.717) is 24.3 Å². The Morgan fingerprint density at radius 2 is 2.04 bits per heavy atom. The van der Waals surface area contributed by atoms with Crippen LogP contribution in [-0.4, -0.2) is 45.9 Å². The first kappa shape index (κ1) is 19.1. The van der Waals surface area contributed by atoms with Crippen molar-refractivity contribution < 1.29 is 14.7 Å². The summed E-state index contributed by atoms with van der Waals surface area (Å²) in [5.41, 5.74) is 2.61. The summed E-state index contributed by atoms with van der Waals surface area (Å²) < 4.78 is 0. The largest absolute Gasteiger partial charge is 0.505 e. The monoisotopic (exact) mass is 369 g/mol. The third-order valence-electron chi connectivity index (χ3n) is 5.31. The number of hydrogen-bond acceptors (Lipinski definition) is 4. The molecule has 2 amide bonds. The third-order valence-corrected chi connectivity index (χ3v) is 5.31. The average Bonchev–Trinajstić information content (AvgIpc) is 2.65. The van der Waals surface area contributed by atoms with E-state index >= 15 is 0 Å². The maximum absolute atomic E-state index is 13.1. The van der Waals surface area contributed by atoms with E-state index in [1.165, 1.54) is 6.92 Å². The number of rotatable bonds is 4. The maximum Gasteiger partial charge on any atom is 0.272 e. The molecule has 144 valence electrons. The van der Waals surface area contributed by atoms with E-state index in [4.69, 9.17) is 0 Å². The summed E-state index contributed by atoms with van der Waals surface area (Å²) in [6.45, 7) is 6.57. The van der Waals surface area contributed by atoms with Gasteiger partial charge >= 0.3 is 0 Å². The molecule has 1 saturated heterocycles. The van der Waals surface area contributed by atoms with E-state index in [9.17, 15) is 14.7 Å². The van der Waals surface area contributed by atoms with Crippen molar-refractivity contribution in [1.29, 1.82) is 0 Å². The van der Waals surface area contributed by atoms with Gasteiger partial charge in [0.05, 0.1) is 0 Å². The molecule has 0 radical (unpaired) electrons. The first-order valence-electron chi connectivity index (χ1n) is 9.54. The van der Waals surface area contributed by atoms with Gasteiger partial charge in [0, 0.05) is 31.4 Å². The molecule has 2 aromatic rings. The lowest BCUT2D eigenvalue weighted by atomic mass is 9.98. The molecular formula is C21H27N3O3. The smallest absolute Gasteiger partial charge is 0.272 e. The number of carbonyl (C=O) groups excluding carboxylic acids is 2. The Balaban J connectivity index is 1.86. The van der Waals surface area contributed by atoms with Crippen molar-refractivity contribution in [2.45, 2.75) is 52.5 Å². The van der Waals surface area contributed by atoms with Gasteiger partial charge in [-0.15, -0.1) is 0 Å². The normalized spacial score (nSPS) is 17.1. The number of benzene rings is 1. The van der Waals surface area contributed by atoms with Crippen molar-refractivity contribution in [1.82, 2.24) is 15.2 Å². The van der Waals surface area contributed by atoms with Crippen LogP contribution in [-0.2, 0) is 4.79 Å². The van der Waals surface area contributed by atoms with E-state index in [2.05, 4.69) is 10.3 Å². The van der Waals surface area contributed by atoms with Crippen LogP contribution in [0, 0.1) is 13.8 Å². The Kier molecular flexibility index (Phi) is 5.63. The Morgan fingerprint density at radius 3 is 2.78 bits per heavy atom. The molecule has 1 aromatic heterocycles. The second kappa shape index (κ2) is 7.94. The van der Waals surface area contributed by atoms with E-state index < -0.39 is 0 Å². The molecule has 0 saturated carbocycles. The minimum absolute atomic E-state index is 0.0545. The number of pyridine rings is 1. The minimum atomic E-state index is -0.108. The van der Waals surface area contributed by atoms with Gasteiger partial charge in [-0.25, -0.2) is 4.98 Å². The third kappa shape index (κ3) is 4.04. The maximum atomic E-state index is 13.1. The number of nitrogens with zero attached hydrogens (tertiary/aromatic N) is 2. The highest BCUT2D eigenvalue weighted by atomic mass is 16.3. The average molecular weight is 369 g/mol. The van der Waals surface area contributed by atoms with Crippen molar-refractivity contribution >= 4 is 22.7 Å². The van der Waals surface area contributed by atoms with Crippen molar-refractivity contribution in [2.24, 2.45) is 0 Å². The van der Waals surface area contributed by atoms with Gasteiger partial charge in [0.2, 0.25) is 5.91 Å². The zero-order valence-corrected chi connectivity index (χ0v) is 16.2. The summed E-state index contributed by atoms with van der Waals surface area (Å²) >= 11 is 0. The van der Waals surface area contributed by atoms with Gasteiger partial charge in [0.15, 0.2) is 0 Å². The highest BCUT2D eigenvalue weighted by molar-refractivity contribution is 5.97. The van der Waals surface area contributed by atoms with Gasteiger partial charge in [-0.2, -0.15) is 0 Å². The van der Waals surface area contributed by atoms with Crippen LogP contribution < -0.4 is 5.32 Å². The summed E-state index contributed by atoms with van der Waals surface area (Å²) in [6, 6.07) is 5.62. The molecule has 0 aliphatic carbocycles. The molecule has 6 nitrogen and oxygen atoms in total. The molecule has 1 atom stereocenters. The van der Waals surface area contributed by atoms with Crippen LogP contribution in [0.4, 0.5) is 0 Å². The van der Waals surface area contributed by atoms with E-state index in [1.54, 1.807) is 6.07 Å². The number of fused-ring (bicyclic) bond motifs is 1. The fourth-order valence-corrected chi connectivity index (χ4v) is 3.86. The standard InChI is InChI=1S/C21H27N3O3/c1-13-12-14(2)20(26)19-17(13)7-8-18(23-19)21(27)24-11-5-4-6-16(24)9-10-22-15(3)25/h7-8,12,16,26H,4-6,9-11H2,1-3H3,(H,22,25). The summed E-state index contributed by atoms with van der Waals surface area (Å²) in [5.74, 6) is -0.0322. The van der Waals surface area contributed by atoms with E-state index in [0.717, 1.165) is 42.2 Å². The molecule has 1 aliphatic rings. The molecular weight excluding hydrogens is 342 g/mol. The number of aryl methyl sites for hydroxylation is 2. The Bertz CT molecular complexity index is 879. The lowest BCUT2D eigenvalue weighted by molar-refractivity contribution is -0.119. The molecule has 2 heterocycles. The van der Waals surface area contributed by atoms with Crippen LogP contribution in [0.1, 0.15) is 54.2 Å². The van der Waals surface area contributed by atoms with Gasteiger partial charge in [-0.05, 0) is 56.7 Å². The van der Waals surface area contributed by atoms with Crippen molar-refractivity contribution in [2.75, 3.05) is 13.1 Å². The van der Waals surface area contributed by atoms with Crippen LogP contribution >= 0.6 is 0 Å². The lowest BCUT2D eigenvalue weighted by Gasteiger charge is -2.35. The fraction of sp³-hybridized carbons (Fsp3) is 0.476. The molecule has 1 aromatic carbocycles. The highest BCUT2D eigenvalue weighted by Crippen LogP contribution is 2.30. The molecule has 2 N–H and O–H groups in total. The number of nitrogens with one attached hydrogen (secondary N) is 1. The van der Waals surface area contributed by atoms with Crippen molar-refractivity contribution in [3.63, 3.8) is 0 Å². The number of phenols is 1. The second-order valence-electron chi connectivity index (χ2n) is 7.37. The number of piperidine rings is 1. The molecule has 1 unspecified atom stereocenters. The molecule has 27 heavy (non-hydrogen) atoms. The van der Waals surface area contributed by atoms with Gasteiger partial charge < -0.3 is 15.3 Å². The summed E-state index contributed by atoms with van der Waals surface area (Å²) in [4.78, 5) is 30.6. The molecule has 0 bridgehead atoms. The summed E-state index contributed by atoms with van der Waals surface area (Å²) in [5, 5.41) is 14.1. The fourth-order valence-electron chi connectivity index (χ4n) is 3.86. The van der Waals surface area contributed by atoms with Crippen LogP contribution in [0.3, 0.4) is 0 Å². The summed E-state index contributed by atoms with van der Waals surface area (Å²) in [6.07, 6.45) is 3.73. The topological polar surface area (TPSA) is 82.5 Å². The quantitative estimate of drug-likeness (QED) is 0.868. The van der Waals surface area contributed by atoms with Crippen LogP contribution in [0.15, 0.2) is 18.2 Å². The van der Waals surface area contributed by atoms with Crippen LogP contribution in [0.2, 0.25) is 0 Å². The van der Waals surface area contributed by atoms with Crippen molar-refractivity contribution in [3.8, 4) is 5.75 Å². The van der Waals surface area contributed by atoms with E-state index in [1.807, 2.05) is 30.9 Å². The minimum Gasteiger partial charge on any atom is -0.505 e. The number of amides is 2. The lowest BCUT2D eigenvalue weighted by Crippen LogP contribution is -2.45. The SMILES string of the molecule is CC(=O)NCCC1CCCCN1C(=O)c1ccc2c(C)cc(C)c(O)c2n1. The van der Waals surface area contributed by atoms with E-state index in [-0.39, 0.29) is 23.6 Å². The zero-order valence-electron chi connectivity index (χ0n) is 16.2. The van der Waals surface area contributed by atoms with Gasteiger partial charge in [0.1, 0.15) is 17.0 Å². The molecule has 1 aliphatic heterocycles. The van der Waals surface area contributed by atoms with Crippen molar-refractivity contribution in [3.05, 3.63) is 35.0 Å². The van der Waals surface area contributed by atoms with Crippen LogP contribution in [0.25, 0.3) is 10.9 Å². The zero-order chi connectivity index (χ0) is 19.6. The van der Waals surface area contributed by atoms with Gasteiger partial charge in [-0.1, -0.05) is 12.1 Å². The first-order chi connectivity index (χ1) is 12.9. The number of likely N-dealkylation sites (tertiary alicyclic amines) is 1.